The summed E-state index contributed by atoms with van der Waals surface area (Å²) >= 11 is 0. The predicted octanol–water partition coefficient (Wildman–Crippen LogP) is 2.89. The first-order valence-electron chi connectivity index (χ1n) is 7.22. The third-order valence-corrected chi connectivity index (χ3v) is 4.15. The van der Waals surface area contributed by atoms with E-state index in [4.69, 9.17) is 0 Å². The third-order valence-electron chi connectivity index (χ3n) is 4.15. The molecule has 0 radical (unpaired) electrons. The molecular weight excluding hydrogens is 272 g/mol. The summed E-state index contributed by atoms with van der Waals surface area (Å²) in [5, 5.41) is 23.4. The molecule has 1 aliphatic rings. The smallest absolute Gasteiger partial charge is 0.325 e. The average Bonchev–Trinajstić information content (AvgIpc) is 2.46. The van der Waals surface area contributed by atoms with Crippen LogP contribution in [-0.2, 0) is 4.79 Å². The summed E-state index contributed by atoms with van der Waals surface area (Å²) in [6.45, 7) is 2.11. The van der Waals surface area contributed by atoms with Crippen LogP contribution < -0.4 is 5.32 Å². The van der Waals surface area contributed by atoms with Gasteiger partial charge in [0.05, 0.1) is 4.92 Å². The molecule has 114 valence electrons. The zero-order valence-electron chi connectivity index (χ0n) is 12.0. The number of nitro groups is 1. The molecule has 1 saturated carbocycles. The van der Waals surface area contributed by atoms with Gasteiger partial charge in [0.2, 0.25) is 0 Å². The van der Waals surface area contributed by atoms with Crippen molar-refractivity contribution in [3.05, 3.63) is 39.9 Å². The van der Waals surface area contributed by atoms with E-state index in [1.165, 1.54) is 24.6 Å². The largest absolute Gasteiger partial charge is 0.480 e. The highest BCUT2D eigenvalue weighted by Gasteiger charge is 2.28. The van der Waals surface area contributed by atoms with Crippen LogP contribution >= 0.6 is 0 Å². The molecule has 1 aromatic carbocycles. The fourth-order valence-corrected chi connectivity index (χ4v) is 2.91. The number of carboxylic acids is 1. The zero-order valence-corrected chi connectivity index (χ0v) is 12.0. The molecule has 21 heavy (non-hydrogen) atoms. The van der Waals surface area contributed by atoms with Crippen molar-refractivity contribution in [1.82, 2.24) is 5.32 Å². The van der Waals surface area contributed by atoms with E-state index < -0.39 is 16.9 Å². The maximum atomic E-state index is 11.5. The molecule has 0 amide bonds. The van der Waals surface area contributed by atoms with Gasteiger partial charge < -0.3 is 5.11 Å². The van der Waals surface area contributed by atoms with Crippen LogP contribution in [0.15, 0.2) is 24.3 Å². The van der Waals surface area contributed by atoms with E-state index >= 15 is 0 Å². The molecule has 1 fully saturated rings. The second-order valence-electron chi connectivity index (χ2n) is 5.66. The number of aliphatic carboxylic acids is 1. The molecule has 1 aromatic rings. The first kappa shape index (κ1) is 15.4. The zero-order chi connectivity index (χ0) is 15.4. The summed E-state index contributed by atoms with van der Waals surface area (Å²) in [6.07, 6.45) is 4.29. The lowest BCUT2D eigenvalue weighted by Gasteiger charge is -2.32. The Bertz CT molecular complexity index is 532. The van der Waals surface area contributed by atoms with Crippen molar-refractivity contribution in [3.8, 4) is 0 Å². The van der Waals surface area contributed by atoms with Crippen molar-refractivity contribution < 1.29 is 14.8 Å². The molecule has 2 N–H and O–H groups in total. The second-order valence-corrected chi connectivity index (χ2v) is 5.66. The standard InChI is InChI=1S/C15H20N2O4/c1-10-5-2-3-8-13(10)16-14(15(18)19)11-6-4-7-12(9-11)17(20)21/h4,6-7,9-10,13-14,16H,2-3,5,8H2,1H3,(H,18,19). The lowest BCUT2D eigenvalue weighted by atomic mass is 9.85. The monoisotopic (exact) mass is 292 g/mol. The van der Waals surface area contributed by atoms with Crippen molar-refractivity contribution >= 4 is 11.7 Å². The molecule has 0 aromatic heterocycles. The van der Waals surface area contributed by atoms with Crippen LogP contribution in [0, 0.1) is 16.0 Å². The molecule has 1 aliphatic carbocycles. The van der Waals surface area contributed by atoms with Crippen LogP contribution in [-0.4, -0.2) is 22.0 Å². The molecule has 6 heteroatoms. The summed E-state index contributed by atoms with van der Waals surface area (Å²) in [5.41, 5.74) is 0.340. The van der Waals surface area contributed by atoms with Gasteiger partial charge >= 0.3 is 5.97 Å². The van der Waals surface area contributed by atoms with Crippen LogP contribution in [0.3, 0.4) is 0 Å². The number of carbonyl (C=O) groups is 1. The quantitative estimate of drug-likeness (QED) is 0.643. The maximum absolute atomic E-state index is 11.5. The number of carboxylic acid groups (broad SMARTS) is 1. The molecule has 3 atom stereocenters. The van der Waals surface area contributed by atoms with Crippen LogP contribution in [0.25, 0.3) is 0 Å². The highest BCUT2D eigenvalue weighted by Crippen LogP contribution is 2.27. The summed E-state index contributed by atoms with van der Waals surface area (Å²) < 4.78 is 0. The Kier molecular flexibility index (Phi) is 4.90. The van der Waals surface area contributed by atoms with Crippen molar-refractivity contribution in [3.63, 3.8) is 0 Å². The van der Waals surface area contributed by atoms with Gasteiger partial charge in [-0.2, -0.15) is 0 Å². The number of hydrogen-bond donors (Lipinski definition) is 2. The van der Waals surface area contributed by atoms with Gasteiger partial charge in [-0.15, -0.1) is 0 Å². The molecule has 0 saturated heterocycles. The third kappa shape index (κ3) is 3.78. The van der Waals surface area contributed by atoms with Gasteiger partial charge in [-0.05, 0) is 24.3 Å². The van der Waals surface area contributed by atoms with Gasteiger partial charge in [-0.25, -0.2) is 0 Å². The highest BCUT2D eigenvalue weighted by atomic mass is 16.6. The Morgan fingerprint density at radius 3 is 2.76 bits per heavy atom. The Morgan fingerprint density at radius 2 is 2.14 bits per heavy atom. The van der Waals surface area contributed by atoms with Gasteiger partial charge in [-0.1, -0.05) is 31.9 Å². The van der Waals surface area contributed by atoms with E-state index in [0.29, 0.717) is 11.5 Å². The van der Waals surface area contributed by atoms with Gasteiger partial charge in [0.25, 0.3) is 5.69 Å². The van der Waals surface area contributed by atoms with Gasteiger partial charge in [0, 0.05) is 18.2 Å². The van der Waals surface area contributed by atoms with Crippen LogP contribution in [0.5, 0.6) is 0 Å². The number of benzene rings is 1. The van der Waals surface area contributed by atoms with E-state index in [-0.39, 0.29) is 11.7 Å². The average molecular weight is 292 g/mol. The topological polar surface area (TPSA) is 92.5 Å². The Labute approximate surface area is 123 Å². The molecule has 0 spiro atoms. The first-order chi connectivity index (χ1) is 9.99. The number of hydrogen-bond acceptors (Lipinski definition) is 4. The van der Waals surface area contributed by atoms with E-state index in [9.17, 15) is 20.0 Å². The number of nitrogens with zero attached hydrogens (tertiary/aromatic N) is 1. The fraction of sp³-hybridized carbons (Fsp3) is 0.533. The van der Waals surface area contributed by atoms with Gasteiger partial charge in [0.1, 0.15) is 6.04 Å². The maximum Gasteiger partial charge on any atom is 0.325 e. The van der Waals surface area contributed by atoms with Crippen molar-refractivity contribution in [2.24, 2.45) is 5.92 Å². The Hall–Kier alpha value is -1.95. The SMILES string of the molecule is CC1CCCCC1NC(C(=O)O)c1cccc([N+](=O)[O-])c1. The number of non-ortho nitro benzene ring substituents is 1. The molecule has 0 bridgehead atoms. The van der Waals surface area contributed by atoms with E-state index in [1.54, 1.807) is 6.07 Å². The first-order valence-corrected chi connectivity index (χ1v) is 7.22. The van der Waals surface area contributed by atoms with Crippen LogP contribution in [0.1, 0.15) is 44.2 Å². The second kappa shape index (κ2) is 6.67. The number of nitrogens with one attached hydrogen (secondary N) is 1. The van der Waals surface area contributed by atoms with Crippen molar-refractivity contribution in [1.29, 1.82) is 0 Å². The fourth-order valence-electron chi connectivity index (χ4n) is 2.91. The lowest BCUT2D eigenvalue weighted by molar-refractivity contribution is -0.384. The minimum Gasteiger partial charge on any atom is -0.480 e. The Balaban J connectivity index is 2.20. The van der Waals surface area contributed by atoms with Crippen LogP contribution in [0.4, 0.5) is 5.69 Å². The van der Waals surface area contributed by atoms with E-state index in [1.807, 2.05) is 0 Å². The predicted molar refractivity (Wildman–Crippen MR) is 78.0 cm³/mol. The lowest BCUT2D eigenvalue weighted by Crippen LogP contribution is -2.42. The Morgan fingerprint density at radius 1 is 1.43 bits per heavy atom. The minimum absolute atomic E-state index is 0.0859. The molecule has 0 heterocycles. The van der Waals surface area contributed by atoms with Crippen molar-refractivity contribution in [2.45, 2.75) is 44.7 Å². The molecule has 6 nitrogen and oxygen atoms in total. The summed E-state index contributed by atoms with van der Waals surface area (Å²) in [5.74, 6) is -0.590. The molecule has 0 aliphatic heterocycles. The molecule has 3 unspecified atom stereocenters. The van der Waals surface area contributed by atoms with Crippen molar-refractivity contribution in [2.75, 3.05) is 0 Å². The van der Waals surface area contributed by atoms with E-state index in [2.05, 4.69) is 12.2 Å². The molecular formula is C15H20N2O4. The summed E-state index contributed by atoms with van der Waals surface area (Å²) in [4.78, 5) is 21.8. The van der Waals surface area contributed by atoms with Gasteiger partial charge in [0.15, 0.2) is 0 Å². The minimum atomic E-state index is -1.01. The highest BCUT2D eigenvalue weighted by molar-refractivity contribution is 5.76. The molecule has 2 rings (SSSR count). The number of nitro benzene ring substituents is 1. The summed E-state index contributed by atoms with van der Waals surface area (Å²) in [7, 11) is 0. The normalized spacial score (nSPS) is 23.5. The van der Waals surface area contributed by atoms with E-state index in [0.717, 1.165) is 19.3 Å². The van der Waals surface area contributed by atoms with Crippen LogP contribution in [0.2, 0.25) is 0 Å². The summed E-state index contributed by atoms with van der Waals surface area (Å²) in [6, 6.07) is 5.07. The number of rotatable bonds is 5. The van der Waals surface area contributed by atoms with Gasteiger partial charge in [-0.3, -0.25) is 20.2 Å².